The molecule has 4 nitrogen and oxygen atoms in total. The molecule has 1 aromatic carbocycles. The van der Waals surface area contributed by atoms with E-state index in [1.54, 1.807) is 24.2 Å². The van der Waals surface area contributed by atoms with Gasteiger partial charge in [0.05, 0.1) is 30.6 Å². The fourth-order valence-corrected chi connectivity index (χ4v) is 1.64. The van der Waals surface area contributed by atoms with Crippen LogP contribution in [0.15, 0.2) is 36.7 Å². The minimum atomic E-state index is -4.32. The number of ether oxygens (including phenoxy) is 1. The van der Waals surface area contributed by atoms with Gasteiger partial charge < -0.3 is 10.1 Å². The van der Waals surface area contributed by atoms with Gasteiger partial charge in [-0.3, -0.25) is 4.68 Å². The van der Waals surface area contributed by atoms with E-state index < -0.39 is 11.7 Å². The van der Waals surface area contributed by atoms with Crippen molar-refractivity contribution in [3.63, 3.8) is 0 Å². The Morgan fingerprint density at radius 1 is 1.20 bits per heavy atom. The number of rotatable bonds is 5. The van der Waals surface area contributed by atoms with Crippen LogP contribution in [0.25, 0.3) is 0 Å². The minimum Gasteiger partial charge on any atom is -0.383 e. The summed E-state index contributed by atoms with van der Waals surface area (Å²) in [7, 11) is 1.60. The fourth-order valence-electron chi connectivity index (χ4n) is 1.64. The average molecular weight is 285 g/mol. The van der Waals surface area contributed by atoms with Gasteiger partial charge in [-0.2, -0.15) is 18.3 Å². The van der Waals surface area contributed by atoms with Crippen molar-refractivity contribution in [2.45, 2.75) is 12.7 Å². The standard InChI is InChI=1S/C13H14F3N3O/c1-20-7-6-19-9-12(8-17-19)18-11-4-2-10(3-5-11)13(14,15)16/h2-5,8-9,18H,6-7H2,1H3. The van der Waals surface area contributed by atoms with E-state index in [9.17, 15) is 13.2 Å². The Bertz CT molecular complexity index is 549. The highest BCUT2D eigenvalue weighted by Crippen LogP contribution is 2.30. The highest BCUT2D eigenvalue weighted by Gasteiger charge is 2.29. The lowest BCUT2D eigenvalue weighted by Crippen LogP contribution is -2.04. The van der Waals surface area contributed by atoms with Crippen LogP contribution in [0, 0.1) is 0 Å². The zero-order valence-corrected chi connectivity index (χ0v) is 10.8. The summed E-state index contributed by atoms with van der Waals surface area (Å²) in [6.45, 7) is 1.16. The Kier molecular flexibility index (Phi) is 4.29. The largest absolute Gasteiger partial charge is 0.416 e. The minimum absolute atomic E-state index is 0.543. The summed E-state index contributed by atoms with van der Waals surface area (Å²) >= 11 is 0. The Morgan fingerprint density at radius 3 is 2.50 bits per heavy atom. The van der Waals surface area contributed by atoms with Crippen molar-refractivity contribution in [1.82, 2.24) is 9.78 Å². The van der Waals surface area contributed by atoms with Gasteiger partial charge in [0.25, 0.3) is 0 Å². The van der Waals surface area contributed by atoms with E-state index in [2.05, 4.69) is 10.4 Å². The van der Waals surface area contributed by atoms with E-state index in [1.807, 2.05) is 0 Å². The van der Waals surface area contributed by atoms with E-state index in [0.717, 1.165) is 12.1 Å². The molecule has 0 aliphatic heterocycles. The first-order valence-electron chi connectivity index (χ1n) is 5.95. The lowest BCUT2D eigenvalue weighted by atomic mass is 10.2. The maximum Gasteiger partial charge on any atom is 0.416 e. The van der Waals surface area contributed by atoms with E-state index >= 15 is 0 Å². The molecule has 2 aromatic rings. The first-order valence-corrected chi connectivity index (χ1v) is 5.95. The number of hydrogen-bond acceptors (Lipinski definition) is 3. The number of halogens is 3. The van der Waals surface area contributed by atoms with E-state index in [4.69, 9.17) is 4.74 Å². The molecule has 1 N–H and O–H groups in total. The second kappa shape index (κ2) is 5.96. The monoisotopic (exact) mass is 285 g/mol. The van der Waals surface area contributed by atoms with Crippen molar-refractivity contribution in [1.29, 1.82) is 0 Å². The predicted octanol–water partition coefficient (Wildman–Crippen LogP) is 3.29. The fraction of sp³-hybridized carbons (Fsp3) is 0.308. The van der Waals surface area contributed by atoms with Gasteiger partial charge in [-0.05, 0) is 24.3 Å². The number of hydrogen-bond donors (Lipinski definition) is 1. The molecule has 0 saturated heterocycles. The molecule has 0 radical (unpaired) electrons. The summed E-state index contributed by atoms with van der Waals surface area (Å²) in [6, 6.07) is 4.85. The molecule has 0 atom stereocenters. The molecular weight excluding hydrogens is 271 g/mol. The molecule has 0 saturated carbocycles. The van der Waals surface area contributed by atoms with Gasteiger partial charge in [0.2, 0.25) is 0 Å². The van der Waals surface area contributed by atoms with Crippen LogP contribution < -0.4 is 5.32 Å². The summed E-state index contributed by atoms with van der Waals surface area (Å²) in [4.78, 5) is 0. The molecule has 0 fully saturated rings. The molecule has 108 valence electrons. The van der Waals surface area contributed by atoms with E-state index in [0.29, 0.717) is 24.5 Å². The molecule has 20 heavy (non-hydrogen) atoms. The second-order valence-electron chi connectivity index (χ2n) is 4.18. The van der Waals surface area contributed by atoms with Gasteiger partial charge in [-0.1, -0.05) is 0 Å². The average Bonchev–Trinajstić information content (AvgIpc) is 2.83. The molecule has 0 unspecified atom stereocenters. The van der Waals surface area contributed by atoms with Crippen molar-refractivity contribution in [2.24, 2.45) is 0 Å². The molecule has 0 aliphatic carbocycles. The van der Waals surface area contributed by atoms with Crippen LogP contribution in [0.2, 0.25) is 0 Å². The van der Waals surface area contributed by atoms with Gasteiger partial charge >= 0.3 is 6.18 Å². The van der Waals surface area contributed by atoms with Crippen molar-refractivity contribution in [3.05, 3.63) is 42.2 Å². The summed E-state index contributed by atoms with van der Waals surface area (Å²) in [5, 5.41) is 7.09. The summed E-state index contributed by atoms with van der Waals surface area (Å²) in [5.74, 6) is 0. The first-order chi connectivity index (χ1) is 9.49. The third kappa shape index (κ3) is 3.74. The molecular formula is C13H14F3N3O. The molecule has 7 heteroatoms. The van der Waals surface area contributed by atoms with Crippen molar-refractivity contribution in [2.75, 3.05) is 19.0 Å². The zero-order valence-electron chi connectivity index (χ0n) is 10.8. The molecule has 0 spiro atoms. The Hall–Kier alpha value is -2.02. The Labute approximate surface area is 114 Å². The number of nitrogens with one attached hydrogen (secondary N) is 1. The molecule has 0 amide bonds. The smallest absolute Gasteiger partial charge is 0.383 e. The lowest BCUT2D eigenvalue weighted by Gasteiger charge is -2.08. The second-order valence-corrected chi connectivity index (χ2v) is 4.18. The normalized spacial score (nSPS) is 11.6. The highest BCUT2D eigenvalue weighted by molar-refractivity contribution is 5.58. The molecule has 2 rings (SSSR count). The number of alkyl halides is 3. The van der Waals surface area contributed by atoms with Crippen LogP contribution in [-0.4, -0.2) is 23.5 Å². The number of anilines is 2. The summed E-state index contributed by atoms with van der Waals surface area (Å²) in [6.07, 6.45) is -0.951. The van der Waals surface area contributed by atoms with Crippen molar-refractivity contribution < 1.29 is 17.9 Å². The first kappa shape index (κ1) is 14.4. The number of aromatic nitrogens is 2. The van der Waals surface area contributed by atoms with Crippen LogP contribution in [-0.2, 0) is 17.5 Å². The maximum atomic E-state index is 12.4. The van der Waals surface area contributed by atoms with E-state index in [1.165, 1.54) is 12.1 Å². The Balaban J connectivity index is 2.01. The molecule has 1 aromatic heterocycles. The lowest BCUT2D eigenvalue weighted by molar-refractivity contribution is -0.137. The van der Waals surface area contributed by atoms with Gasteiger partial charge in [-0.15, -0.1) is 0 Å². The zero-order chi connectivity index (χ0) is 14.6. The third-order valence-electron chi connectivity index (χ3n) is 2.66. The number of nitrogens with zero attached hydrogens (tertiary/aromatic N) is 2. The summed E-state index contributed by atoms with van der Waals surface area (Å²) < 4.78 is 43.9. The van der Waals surface area contributed by atoms with Gasteiger partial charge in [0.1, 0.15) is 0 Å². The molecule has 1 heterocycles. The van der Waals surface area contributed by atoms with Gasteiger partial charge in [0.15, 0.2) is 0 Å². The van der Waals surface area contributed by atoms with Crippen LogP contribution in [0.4, 0.5) is 24.5 Å². The summed E-state index contributed by atoms with van der Waals surface area (Å²) in [5.41, 5.74) is 0.615. The van der Waals surface area contributed by atoms with Crippen molar-refractivity contribution >= 4 is 11.4 Å². The number of benzene rings is 1. The SMILES string of the molecule is COCCn1cc(Nc2ccc(C(F)(F)F)cc2)cn1. The van der Waals surface area contributed by atoms with Crippen LogP contribution in [0.5, 0.6) is 0 Å². The molecule has 0 aliphatic rings. The van der Waals surface area contributed by atoms with Crippen molar-refractivity contribution in [3.8, 4) is 0 Å². The number of methoxy groups -OCH3 is 1. The quantitative estimate of drug-likeness (QED) is 0.916. The third-order valence-corrected chi connectivity index (χ3v) is 2.66. The maximum absolute atomic E-state index is 12.4. The van der Waals surface area contributed by atoms with Crippen LogP contribution >= 0.6 is 0 Å². The molecule has 0 bridgehead atoms. The van der Waals surface area contributed by atoms with Gasteiger partial charge in [-0.25, -0.2) is 0 Å². The topological polar surface area (TPSA) is 39.1 Å². The van der Waals surface area contributed by atoms with Crippen LogP contribution in [0.3, 0.4) is 0 Å². The van der Waals surface area contributed by atoms with E-state index in [-0.39, 0.29) is 0 Å². The van der Waals surface area contributed by atoms with Crippen LogP contribution in [0.1, 0.15) is 5.56 Å². The predicted molar refractivity (Wildman–Crippen MR) is 68.8 cm³/mol. The highest BCUT2D eigenvalue weighted by atomic mass is 19.4. The van der Waals surface area contributed by atoms with Gasteiger partial charge in [0, 0.05) is 19.0 Å². The Morgan fingerprint density at radius 2 is 1.90 bits per heavy atom.